The largest absolute Gasteiger partial charge is 0.324 e. The molecule has 0 aliphatic rings. The highest BCUT2D eigenvalue weighted by atomic mass is 19.1. The van der Waals surface area contributed by atoms with E-state index in [9.17, 15) is 13.6 Å². The normalized spacial score (nSPS) is 11.0. The average Bonchev–Trinajstić information content (AvgIpc) is 3.35. The molecule has 2 N–H and O–H groups in total. The number of hydrogen-bond acceptors (Lipinski definition) is 5. The first kappa shape index (κ1) is 24.9. The van der Waals surface area contributed by atoms with E-state index in [1.54, 1.807) is 48.0 Å². The molecule has 1 amide bonds. The van der Waals surface area contributed by atoms with E-state index in [1.165, 1.54) is 24.3 Å². The molecule has 0 fully saturated rings. The van der Waals surface area contributed by atoms with Crippen LogP contribution in [-0.2, 0) is 0 Å². The Morgan fingerprint density at radius 3 is 2.58 bits per heavy atom. The quantitative estimate of drug-likeness (QED) is 0.240. The van der Waals surface area contributed by atoms with Gasteiger partial charge in [0.1, 0.15) is 17.3 Å². The molecular weight excluding hydrogens is 510 g/mol. The summed E-state index contributed by atoms with van der Waals surface area (Å²) in [4.78, 5) is 21.9. The van der Waals surface area contributed by atoms with Crippen LogP contribution in [0.1, 0.15) is 15.9 Å². The van der Waals surface area contributed by atoms with Gasteiger partial charge in [0.2, 0.25) is 5.95 Å². The molecular formula is C31H22F2N6O. The molecule has 0 atom stereocenters. The van der Waals surface area contributed by atoms with Crippen molar-refractivity contribution >= 4 is 28.7 Å². The van der Waals surface area contributed by atoms with E-state index >= 15 is 0 Å². The van der Waals surface area contributed by atoms with Crippen molar-refractivity contribution < 1.29 is 13.6 Å². The standard InChI is InChI=1S/C31H22F2N6O/c1-19-24(11-6-12-25(19)33)30(40)35-22-9-4-7-20(17-22)29-28(27-13-2-3-16-39(27)38-29)26-14-15-34-31(37-26)36-23-10-5-8-21(32)18-23/h2-18H,1H3,(H,35,40)(H,34,36,37). The highest BCUT2D eigenvalue weighted by Gasteiger charge is 2.19. The summed E-state index contributed by atoms with van der Waals surface area (Å²) in [5.74, 6) is -0.915. The van der Waals surface area contributed by atoms with Crippen LogP contribution in [0.2, 0.25) is 0 Å². The maximum Gasteiger partial charge on any atom is 0.256 e. The molecule has 3 heterocycles. The lowest BCUT2D eigenvalue weighted by Crippen LogP contribution is -2.14. The van der Waals surface area contributed by atoms with E-state index < -0.39 is 11.7 Å². The van der Waals surface area contributed by atoms with Gasteiger partial charge in [-0.15, -0.1) is 0 Å². The zero-order chi connectivity index (χ0) is 27.6. The Balaban J connectivity index is 1.39. The summed E-state index contributed by atoms with van der Waals surface area (Å²) in [6.07, 6.45) is 3.46. The van der Waals surface area contributed by atoms with Crippen molar-refractivity contribution in [3.63, 3.8) is 0 Å². The minimum Gasteiger partial charge on any atom is -0.324 e. The molecule has 0 spiro atoms. The van der Waals surface area contributed by atoms with E-state index in [4.69, 9.17) is 10.1 Å². The number of nitrogens with one attached hydrogen (secondary N) is 2. The number of rotatable bonds is 6. The maximum atomic E-state index is 14.0. The number of halogens is 2. The highest BCUT2D eigenvalue weighted by Crippen LogP contribution is 2.35. The Bertz CT molecular complexity index is 1880. The van der Waals surface area contributed by atoms with Gasteiger partial charge in [-0.05, 0) is 73.2 Å². The van der Waals surface area contributed by atoms with Crippen LogP contribution >= 0.6 is 0 Å². The Labute approximate surface area is 228 Å². The third-order valence-electron chi connectivity index (χ3n) is 6.44. The van der Waals surface area contributed by atoms with Gasteiger partial charge in [-0.25, -0.2) is 23.3 Å². The van der Waals surface area contributed by atoms with Gasteiger partial charge in [0.05, 0.1) is 16.8 Å². The number of amides is 1. The molecule has 0 unspecified atom stereocenters. The average molecular weight is 533 g/mol. The third-order valence-corrected chi connectivity index (χ3v) is 6.44. The molecule has 0 aliphatic carbocycles. The second kappa shape index (κ2) is 10.4. The number of fused-ring (bicyclic) bond motifs is 1. The minimum absolute atomic E-state index is 0.262. The lowest BCUT2D eigenvalue weighted by Gasteiger charge is -2.10. The molecule has 40 heavy (non-hydrogen) atoms. The van der Waals surface area contributed by atoms with Crippen LogP contribution in [0.25, 0.3) is 28.0 Å². The van der Waals surface area contributed by atoms with Crippen molar-refractivity contribution in [2.75, 3.05) is 10.6 Å². The summed E-state index contributed by atoms with van der Waals surface area (Å²) in [7, 11) is 0. The van der Waals surface area contributed by atoms with Crippen molar-refractivity contribution in [2.24, 2.45) is 0 Å². The van der Waals surface area contributed by atoms with Crippen LogP contribution in [0.5, 0.6) is 0 Å². The van der Waals surface area contributed by atoms with E-state index in [1.807, 2.05) is 42.6 Å². The maximum absolute atomic E-state index is 14.0. The number of benzene rings is 3. The Kier molecular flexibility index (Phi) is 6.45. The van der Waals surface area contributed by atoms with Crippen LogP contribution in [0.4, 0.5) is 26.1 Å². The van der Waals surface area contributed by atoms with Crippen LogP contribution in [0.15, 0.2) is 103 Å². The van der Waals surface area contributed by atoms with Crippen LogP contribution in [-0.4, -0.2) is 25.5 Å². The molecule has 6 rings (SSSR count). The number of anilines is 3. The zero-order valence-electron chi connectivity index (χ0n) is 21.3. The second-order valence-electron chi connectivity index (χ2n) is 9.10. The minimum atomic E-state index is -0.438. The number of hydrogen-bond donors (Lipinski definition) is 2. The first-order valence-corrected chi connectivity index (χ1v) is 12.5. The van der Waals surface area contributed by atoms with Crippen molar-refractivity contribution in [2.45, 2.75) is 6.92 Å². The summed E-state index contributed by atoms with van der Waals surface area (Å²) in [5, 5.41) is 10.7. The predicted molar refractivity (Wildman–Crippen MR) is 150 cm³/mol. The topological polar surface area (TPSA) is 84.2 Å². The zero-order valence-corrected chi connectivity index (χ0v) is 21.3. The lowest BCUT2D eigenvalue weighted by molar-refractivity contribution is 0.102. The van der Waals surface area contributed by atoms with E-state index in [0.29, 0.717) is 28.7 Å². The summed E-state index contributed by atoms with van der Waals surface area (Å²) >= 11 is 0. The highest BCUT2D eigenvalue weighted by molar-refractivity contribution is 6.05. The Hall–Kier alpha value is -5.44. The van der Waals surface area contributed by atoms with Crippen LogP contribution in [0.3, 0.4) is 0 Å². The fourth-order valence-corrected chi connectivity index (χ4v) is 4.50. The van der Waals surface area contributed by atoms with E-state index in [2.05, 4.69) is 15.6 Å². The van der Waals surface area contributed by atoms with Crippen molar-refractivity contribution in [1.29, 1.82) is 0 Å². The van der Waals surface area contributed by atoms with Gasteiger partial charge in [0.15, 0.2) is 0 Å². The van der Waals surface area contributed by atoms with Crippen molar-refractivity contribution in [1.82, 2.24) is 19.6 Å². The molecule has 3 aromatic heterocycles. The van der Waals surface area contributed by atoms with Gasteiger partial charge < -0.3 is 10.6 Å². The molecule has 0 bridgehead atoms. The van der Waals surface area contributed by atoms with Crippen LogP contribution < -0.4 is 10.6 Å². The smallest absolute Gasteiger partial charge is 0.256 e. The number of carbonyl (C=O) groups excluding carboxylic acids is 1. The van der Waals surface area contributed by atoms with Crippen molar-refractivity contribution in [3.05, 3.63) is 126 Å². The first-order valence-electron chi connectivity index (χ1n) is 12.5. The number of carbonyl (C=O) groups is 1. The first-order chi connectivity index (χ1) is 19.5. The molecule has 0 saturated heterocycles. The number of nitrogens with zero attached hydrogens (tertiary/aromatic N) is 4. The summed E-state index contributed by atoms with van der Waals surface area (Å²) in [6, 6.07) is 25.3. The van der Waals surface area contributed by atoms with Gasteiger partial charge >= 0.3 is 0 Å². The second-order valence-corrected chi connectivity index (χ2v) is 9.10. The summed E-state index contributed by atoms with van der Waals surface area (Å²) in [6.45, 7) is 1.57. The SMILES string of the molecule is Cc1c(F)cccc1C(=O)Nc1cccc(-c2nn3ccccc3c2-c2ccnc(Nc3cccc(F)c3)n2)c1. The lowest BCUT2D eigenvalue weighted by atomic mass is 10.0. The van der Waals surface area contributed by atoms with Gasteiger partial charge in [0, 0.05) is 34.9 Å². The van der Waals surface area contributed by atoms with Gasteiger partial charge in [0.25, 0.3) is 5.91 Å². The number of pyridine rings is 1. The molecule has 0 aliphatic heterocycles. The number of aromatic nitrogens is 4. The summed E-state index contributed by atoms with van der Waals surface area (Å²) < 4.78 is 29.5. The summed E-state index contributed by atoms with van der Waals surface area (Å²) in [5.41, 5.74) is 5.16. The predicted octanol–water partition coefficient (Wildman–Crippen LogP) is 7.04. The molecule has 9 heteroatoms. The molecule has 196 valence electrons. The fraction of sp³-hybridized carbons (Fsp3) is 0.0323. The van der Waals surface area contributed by atoms with Crippen LogP contribution in [0, 0.1) is 18.6 Å². The molecule has 7 nitrogen and oxygen atoms in total. The third kappa shape index (κ3) is 4.88. The molecule has 0 radical (unpaired) electrons. The van der Waals surface area contributed by atoms with Gasteiger partial charge in [-0.1, -0.05) is 30.3 Å². The molecule has 0 saturated carbocycles. The van der Waals surface area contributed by atoms with Gasteiger partial charge in [-0.2, -0.15) is 5.10 Å². The molecule has 6 aromatic rings. The van der Waals surface area contributed by atoms with E-state index in [0.717, 1.165) is 16.6 Å². The molecule has 3 aromatic carbocycles. The van der Waals surface area contributed by atoms with Crippen molar-refractivity contribution in [3.8, 4) is 22.5 Å². The Morgan fingerprint density at radius 2 is 1.70 bits per heavy atom. The van der Waals surface area contributed by atoms with E-state index in [-0.39, 0.29) is 16.9 Å². The van der Waals surface area contributed by atoms with Gasteiger partial charge in [-0.3, -0.25) is 4.79 Å². The fourth-order valence-electron chi connectivity index (χ4n) is 4.50. The Morgan fingerprint density at radius 1 is 0.875 bits per heavy atom. The monoisotopic (exact) mass is 532 g/mol.